The van der Waals surface area contributed by atoms with Gasteiger partial charge in [-0.1, -0.05) is 48.9 Å². The lowest BCUT2D eigenvalue weighted by Crippen LogP contribution is -2.37. The highest BCUT2D eigenvalue weighted by Gasteiger charge is 2.31. The fraction of sp³-hybridized carbons (Fsp3) is 0.474. The molecule has 1 saturated heterocycles. The average Bonchev–Trinajstić information content (AvgIpc) is 3.17. The molecule has 4 rings (SSSR count). The Kier molecular flexibility index (Phi) is 4.90. The van der Waals surface area contributed by atoms with Gasteiger partial charge in [0, 0.05) is 18.0 Å². The van der Waals surface area contributed by atoms with Crippen molar-refractivity contribution in [2.45, 2.75) is 39.2 Å². The van der Waals surface area contributed by atoms with E-state index in [0.717, 1.165) is 45.8 Å². The van der Waals surface area contributed by atoms with Crippen LogP contribution in [0.3, 0.4) is 0 Å². The fourth-order valence-electron chi connectivity index (χ4n) is 3.75. The molecule has 26 heavy (non-hydrogen) atoms. The summed E-state index contributed by atoms with van der Waals surface area (Å²) in [7, 11) is 0. The number of aromatic nitrogens is 3. The van der Waals surface area contributed by atoms with E-state index < -0.39 is 0 Å². The number of halogens is 1. The summed E-state index contributed by atoms with van der Waals surface area (Å²) in [5.74, 6) is 1.61. The number of nitrogens with zero attached hydrogens (tertiary/aromatic N) is 4. The molecule has 1 aromatic carbocycles. The molecular formula is C19H23ClN4OS. The predicted molar refractivity (Wildman–Crippen MR) is 105 cm³/mol. The van der Waals surface area contributed by atoms with Crippen molar-refractivity contribution in [1.29, 1.82) is 0 Å². The van der Waals surface area contributed by atoms with Crippen molar-refractivity contribution >= 4 is 27.9 Å². The summed E-state index contributed by atoms with van der Waals surface area (Å²) < 4.78 is 1.58. The van der Waals surface area contributed by atoms with Crippen LogP contribution in [0.5, 0.6) is 5.88 Å². The van der Waals surface area contributed by atoms with Gasteiger partial charge in [0.15, 0.2) is 5.82 Å². The maximum absolute atomic E-state index is 10.9. The molecule has 1 N–H and O–H groups in total. The molecular weight excluding hydrogens is 368 g/mol. The highest BCUT2D eigenvalue weighted by atomic mass is 35.5. The van der Waals surface area contributed by atoms with E-state index in [4.69, 9.17) is 11.6 Å². The normalized spacial score (nSPS) is 19.9. The van der Waals surface area contributed by atoms with E-state index in [1.807, 2.05) is 19.1 Å². The summed E-state index contributed by atoms with van der Waals surface area (Å²) in [6.07, 6.45) is 3.19. The lowest BCUT2D eigenvalue weighted by molar-refractivity contribution is 0.149. The molecule has 3 heterocycles. The van der Waals surface area contributed by atoms with Crippen LogP contribution in [0.15, 0.2) is 24.3 Å². The van der Waals surface area contributed by atoms with Gasteiger partial charge in [0.1, 0.15) is 0 Å². The zero-order valence-corrected chi connectivity index (χ0v) is 16.6. The van der Waals surface area contributed by atoms with Crippen LogP contribution in [0.1, 0.15) is 49.0 Å². The quantitative estimate of drug-likeness (QED) is 0.710. The lowest BCUT2D eigenvalue weighted by Gasteiger charge is -2.37. The number of aryl methyl sites for hydroxylation is 1. The summed E-state index contributed by atoms with van der Waals surface area (Å²) in [4.78, 5) is 8.65. The van der Waals surface area contributed by atoms with Crippen molar-refractivity contribution in [2.75, 3.05) is 13.1 Å². The van der Waals surface area contributed by atoms with Gasteiger partial charge in [-0.15, -0.1) is 5.10 Å². The second-order valence-corrected chi connectivity index (χ2v) is 8.51. The summed E-state index contributed by atoms with van der Waals surface area (Å²) in [5.41, 5.74) is 1.14. The second kappa shape index (κ2) is 7.18. The van der Waals surface area contributed by atoms with Crippen LogP contribution in [0.4, 0.5) is 0 Å². The summed E-state index contributed by atoms with van der Waals surface area (Å²) >= 11 is 7.63. The first kappa shape index (κ1) is 17.8. The molecule has 138 valence electrons. The maximum Gasteiger partial charge on any atom is 0.230 e. The number of hydrogen-bond acceptors (Lipinski definition) is 5. The van der Waals surface area contributed by atoms with E-state index in [1.165, 1.54) is 24.2 Å². The molecule has 2 aromatic heterocycles. The van der Waals surface area contributed by atoms with Gasteiger partial charge in [0.2, 0.25) is 10.8 Å². The first-order chi connectivity index (χ1) is 12.6. The molecule has 0 radical (unpaired) electrons. The van der Waals surface area contributed by atoms with Gasteiger partial charge >= 0.3 is 0 Å². The Balaban J connectivity index is 1.80. The van der Waals surface area contributed by atoms with E-state index in [2.05, 4.69) is 34.0 Å². The summed E-state index contributed by atoms with van der Waals surface area (Å²) in [6, 6.07) is 7.94. The van der Waals surface area contributed by atoms with Crippen LogP contribution >= 0.6 is 22.9 Å². The van der Waals surface area contributed by atoms with E-state index >= 15 is 0 Å². The molecule has 0 saturated carbocycles. The molecule has 1 aliphatic heterocycles. The number of rotatable bonds is 4. The third-order valence-electron chi connectivity index (χ3n) is 5.05. The fourth-order valence-corrected chi connectivity index (χ4v) is 5.01. The molecule has 2 atom stereocenters. The topological polar surface area (TPSA) is 53.7 Å². The Bertz CT molecular complexity index is 904. The van der Waals surface area contributed by atoms with Crippen molar-refractivity contribution in [3.63, 3.8) is 0 Å². The van der Waals surface area contributed by atoms with Crippen molar-refractivity contribution in [2.24, 2.45) is 5.92 Å². The molecule has 0 aliphatic carbocycles. The van der Waals surface area contributed by atoms with Gasteiger partial charge < -0.3 is 5.11 Å². The minimum absolute atomic E-state index is 0.00593. The largest absolute Gasteiger partial charge is 0.492 e. The number of piperidine rings is 1. The molecule has 1 aliphatic rings. The van der Waals surface area contributed by atoms with Crippen LogP contribution in [-0.4, -0.2) is 37.7 Å². The number of fused-ring (bicyclic) bond motifs is 1. The summed E-state index contributed by atoms with van der Waals surface area (Å²) in [6.45, 7) is 6.34. The SMILES string of the molecule is CCc1nc2sc([C@H](c3ccc(Cl)cc3)N3CCC[C@H](C)C3)c(O)n2n1. The summed E-state index contributed by atoms with van der Waals surface area (Å²) in [5, 5.41) is 16.0. The highest BCUT2D eigenvalue weighted by Crippen LogP contribution is 2.41. The minimum atomic E-state index is -0.00593. The maximum atomic E-state index is 10.9. The van der Waals surface area contributed by atoms with Crippen molar-refractivity contribution in [3.8, 4) is 5.88 Å². The first-order valence-electron chi connectivity index (χ1n) is 9.13. The lowest BCUT2D eigenvalue weighted by atomic mass is 9.95. The third-order valence-corrected chi connectivity index (χ3v) is 6.37. The molecule has 1 fully saturated rings. The minimum Gasteiger partial charge on any atom is -0.492 e. The zero-order chi connectivity index (χ0) is 18.3. The van der Waals surface area contributed by atoms with Gasteiger partial charge in [0.05, 0.1) is 10.9 Å². The van der Waals surface area contributed by atoms with E-state index in [1.54, 1.807) is 4.52 Å². The number of hydrogen-bond donors (Lipinski definition) is 1. The van der Waals surface area contributed by atoms with Gasteiger partial charge in [-0.25, -0.2) is 4.98 Å². The van der Waals surface area contributed by atoms with Crippen LogP contribution in [0.2, 0.25) is 5.02 Å². The highest BCUT2D eigenvalue weighted by molar-refractivity contribution is 7.17. The van der Waals surface area contributed by atoms with E-state index in [0.29, 0.717) is 5.92 Å². The van der Waals surface area contributed by atoms with Crippen molar-refractivity contribution < 1.29 is 5.11 Å². The van der Waals surface area contributed by atoms with Gasteiger partial charge in [-0.05, 0) is 43.0 Å². The van der Waals surface area contributed by atoms with Crippen LogP contribution in [0.25, 0.3) is 4.96 Å². The molecule has 0 bridgehead atoms. The first-order valence-corrected chi connectivity index (χ1v) is 10.3. The number of benzene rings is 1. The molecule has 0 unspecified atom stereocenters. The monoisotopic (exact) mass is 390 g/mol. The Labute approximate surface area is 162 Å². The standard InChI is InChI=1S/C19H23ClN4OS/c1-3-15-21-19-24(22-15)18(25)17(26-19)16(13-6-8-14(20)9-7-13)23-10-4-5-12(2)11-23/h6-9,12,16,25H,3-5,10-11H2,1-2H3/t12-,16-/m0/s1. The number of thiazole rings is 1. The predicted octanol–water partition coefficient (Wildman–Crippen LogP) is 4.53. The smallest absolute Gasteiger partial charge is 0.230 e. The van der Waals surface area contributed by atoms with Gasteiger partial charge in [-0.3, -0.25) is 4.90 Å². The van der Waals surface area contributed by atoms with Gasteiger partial charge in [-0.2, -0.15) is 4.52 Å². The number of aromatic hydroxyl groups is 1. The van der Waals surface area contributed by atoms with Crippen LogP contribution < -0.4 is 0 Å². The average molecular weight is 391 g/mol. The molecule has 5 nitrogen and oxygen atoms in total. The molecule has 0 spiro atoms. The Hall–Kier alpha value is -1.63. The second-order valence-electron chi connectivity index (χ2n) is 7.06. The van der Waals surface area contributed by atoms with E-state index in [9.17, 15) is 5.11 Å². The Morgan fingerprint density at radius 1 is 1.35 bits per heavy atom. The third kappa shape index (κ3) is 3.21. The van der Waals surface area contributed by atoms with E-state index in [-0.39, 0.29) is 11.9 Å². The van der Waals surface area contributed by atoms with Gasteiger partial charge in [0.25, 0.3) is 0 Å². The molecule has 3 aromatic rings. The molecule has 7 heteroatoms. The number of likely N-dealkylation sites (tertiary alicyclic amines) is 1. The Morgan fingerprint density at radius 3 is 2.77 bits per heavy atom. The van der Waals surface area contributed by atoms with Crippen molar-refractivity contribution in [3.05, 3.63) is 45.6 Å². The Morgan fingerprint density at radius 2 is 2.12 bits per heavy atom. The zero-order valence-electron chi connectivity index (χ0n) is 15.0. The van der Waals surface area contributed by atoms with Crippen LogP contribution in [0, 0.1) is 5.92 Å². The van der Waals surface area contributed by atoms with Crippen molar-refractivity contribution in [1.82, 2.24) is 19.5 Å². The van der Waals surface area contributed by atoms with Crippen LogP contribution in [-0.2, 0) is 6.42 Å². The molecule has 0 amide bonds.